The number of aromatic carboxylic acids is 1. The van der Waals surface area contributed by atoms with E-state index in [4.69, 9.17) is 0 Å². The minimum atomic E-state index is -1.13. The third kappa shape index (κ3) is 4.68. The Hall–Kier alpha value is -2.10. The first-order valence-electron chi connectivity index (χ1n) is 8.53. The first-order valence-corrected chi connectivity index (χ1v) is 8.53. The third-order valence-electron chi connectivity index (χ3n) is 4.14. The average Bonchev–Trinajstić information content (AvgIpc) is 2.93. The maximum atomic E-state index is 10.8. The summed E-state index contributed by atoms with van der Waals surface area (Å²) in [5.41, 5.74) is 1.33. The molecule has 0 N–H and O–H groups in total. The van der Waals surface area contributed by atoms with E-state index in [1.54, 1.807) is 12.1 Å². The Balaban J connectivity index is 2.17. The monoisotopic (exact) mass is 314 g/mol. The fourth-order valence-corrected chi connectivity index (χ4v) is 2.74. The number of hydrogen-bond acceptors (Lipinski definition) is 2. The first kappa shape index (κ1) is 17.3. The number of hydrogen-bond donors (Lipinski definition) is 0. The molecule has 4 heteroatoms. The molecule has 0 aliphatic heterocycles. The van der Waals surface area contributed by atoms with Gasteiger partial charge in [0, 0.05) is 6.42 Å². The molecule has 0 fully saturated rings. The number of unbranched alkanes of at least 4 members (excludes halogenated alkanes) is 2. The van der Waals surface area contributed by atoms with Gasteiger partial charge < -0.3 is 9.90 Å². The van der Waals surface area contributed by atoms with Crippen molar-refractivity contribution >= 4 is 5.97 Å². The molecule has 0 aliphatic rings. The molecule has 4 nitrogen and oxygen atoms in total. The van der Waals surface area contributed by atoms with Crippen LogP contribution in [0.3, 0.4) is 0 Å². The zero-order valence-corrected chi connectivity index (χ0v) is 14.1. The summed E-state index contributed by atoms with van der Waals surface area (Å²) in [6.45, 7) is 6.25. The van der Waals surface area contributed by atoms with Gasteiger partial charge in [0.05, 0.1) is 12.5 Å². The molecular weight excluding hydrogens is 288 g/mol. The topological polar surface area (TPSA) is 48.9 Å². The maximum absolute atomic E-state index is 10.8. The smallest absolute Gasteiger partial charge is 0.256 e. The molecule has 0 bridgehead atoms. The molecular formula is C19H26N2O2. The van der Waals surface area contributed by atoms with Gasteiger partial charge in [-0.3, -0.25) is 0 Å². The van der Waals surface area contributed by atoms with E-state index in [2.05, 4.69) is 35.4 Å². The lowest BCUT2D eigenvalue weighted by atomic mass is 10.1. The van der Waals surface area contributed by atoms with Crippen LogP contribution in [-0.2, 0) is 19.5 Å². The zero-order valence-electron chi connectivity index (χ0n) is 14.1. The van der Waals surface area contributed by atoms with Crippen molar-refractivity contribution in [3.05, 3.63) is 53.6 Å². The van der Waals surface area contributed by atoms with Crippen molar-refractivity contribution < 1.29 is 14.5 Å². The average molecular weight is 314 g/mol. The Morgan fingerprint density at radius 1 is 1.13 bits per heavy atom. The van der Waals surface area contributed by atoms with Crippen LogP contribution in [-0.4, -0.2) is 10.5 Å². The highest BCUT2D eigenvalue weighted by atomic mass is 16.4. The summed E-state index contributed by atoms with van der Waals surface area (Å²) in [7, 11) is 0. The molecule has 0 saturated heterocycles. The largest absolute Gasteiger partial charge is 0.545 e. The normalized spacial score (nSPS) is 10.9. The molecule has 1 heterocycles. The molecule has 0 saturated carbocycles. The van der Waals surface area contributed by atoms with Gasteiger partial charge in [0.25, 0.3) is 5.82 Å². The molecule has 0 amide bonds. The molecule has 0 unspecified atom stereocenters. The van der Waals surface area contributed by atoms with Crippen molar-refractivity contribution in [2.75, 3.05) is 0 Å². The number of carboxylic acid groups (broad SMARTS) is 1. The number of benzene rings is 1. The van der Waals surface area contributed by atoms with Crippen LogP contribution in [0.5, 0.6) is 0 Å². The van der Waals surface area contributed by atoms with E-state index in [1.165, 1.54) is 31.5 Å². The van der Waals surface area contributed by atoms with Crippen LogP contribution >= 0.6 is 0 Å². The van der Waals surface area contributed by atoms with Gasteiger partial charge in [-0.1, -0.05) is 51.0 Å². The molecule has 124 valence electrons. The predicted octanol–water partition coefficient (Wildman–Crippen LogP) is 2.33. The molecule has 0 spiro atoms. The van der Waals surface area contributed by atoms with E-state index < -0.39 is 5.97 Å². The molecule has 0 radical (unpaired) electrons. The van der Waals surface area contributed by atoms with E-state index in [0.29, 0.717) is 0 Å². The van der Waals surface area contributed by atoms with E-state index in [9.17, 15) is 9.90 Å². The SMILES string of the molecule is CCCCc1n(CCCC)cc[n+]1Cc1ccc(C(=O)[O-])cc1. The highest BCUT2D eigenvalue weighted by molar-refractivity contribution is 5.85. The van der Waals surface area contributed by atoms with Gasteiger partial charge in [-0.2, -0.15) is 0 Å². The zero-order chi connectivity index (χ0) is 16.7. The number of carbonyl (C=O) groups excluding carboxylic acids is 1. The summed E-state index contributed by atoms with van der Waals surface area (Å²) in [6.07, 6.45) is 10.1. The maximum Gasteiger partial charge on any atom is 0.256 e. The van der Waals surface area contributed by atoms with Gasteiger partial charge in [0.2, 0.25) is 0 Å². The van der Waals surface area contributed by atoms with Crippen LogP contribution in [0.15, 0.2) is 36.7 Å². The lowest BCUT2D eigenvalue weighted by molar-refractivity contribution is -0.695. The van der Waals surface area contributed by atoms with Crippen LogP contribution in [0, 0.1) is 0 Å². The summed E-state index contributed by atoms with van der Waals surface area (Å²) in [5.74, 6) is 0.225. The number of nitrogens with zero attached hydrogens (tertiary/aromatic N) is 2. The number of carboxylic acids is 1. The highest BCUT2D eigenvalue weighted by Crippen LogP contribution is 2.08. The van der Waals surface area contributed by atoms with Crippen molar-refractivity contribution in [1.82, 2.24) is 4.57 Å². The minimum absolute atomic E-state index is 0.227. The quantitative estimate of drug-likeness (QED) is 0.667. The van der Waals surface area contributed by atoms with Gasteiger partial charge in [-0.25, -0.2) is 9.13 Å². The second kappa shape index (κ2) is 8.51. The van der Waals surface area contributed by atoms with Gasteiger partial charge in [0.15, 0.2) is 0 Å². The number of imidazole rings is 1. The summed E-state index contributed by atoms with van der Waals surface area (Å²) in [6, 6.07) is 6.96. The number of aryl methyl sites for hydroxylation is 1. The van der Waals surface area contributed by atoms with E-state index >= 15 is 0 Å². The molecule has 0 aliphatic carbocycles. The minimum Gasteiger partial charge on any atom is -0.545 e. The Morgan fingerprint density at radius 2 is 1.83 bits per heavy atom. The van der Waals surface area contributed by atoms with Crippen molar-refractivity contribution in [2.24, 2.45) is 0 Å². The van der Waals surface area contributed by atoms with Gasteiger partial charge in [-0.15, -0.1) is 0 Å². The summed E-state index contributed by atoms with van der Waals surface area (Å²) in [5, 5.41) is 10.8. The van der Waals surface area contributed by atoms with Gasteiger partial charge in [0.1, 0.15) is 18.9 Å². The van der Waals surface area contributed by atoms with Crippen molar-refractivity contribution in [2.45, 2.75) is 59.0 Å². The lowest BCUT2D eigenvalue weighted by Gasteiger charge is -2.06. The van der Waals surface area contributed by atoms with Crippen LogP contribution in [0.1, 0.15) is 61.3 Å². The van der Waals surface area contributed by atoms with Crippen LogP contribution < -0.4 is 9.67 Å². The van der Waals surface area contributed by atoms with Crippen LogP contribution in [0.2, 0.25) is 0 Å². The summed E-state index contributed by atoms with van der Waals surface area (Å²) >= 11 is 0. The second-order valence-electron chi connectivity index (χ2n) is 5.98. The predicted molar refractivity (Wildman–Crippen MR) is 88.0 cm³/mol. The van der Waals surface area contributed by atoms with E-state index in [0.717, 1.165) is 25.1 Å². The third-order valence-corrected chi connectivity index (χ3v) is 4.14. The lowest BCUT2D eigenvalue weighted by Crippen LogP contribution is -2.38. The Kier molecular flexibility index (Phi) is 6.39. The summed E-state index contributed by atoms with van der Waals surface area (Å²) in [4.78, 5) is 10.8. The number of aromatic nitrogens is 2. The molecule has 2 aromatic rings. The van der Waals surface area contributed by atoms with Crippen LogP contribution in [0.25, 0.3) is 0 Å². The molecule has 0 atom stereocenters. The first-order chi connectivity index (χ1) is 11.2. The Labute approximate surface area is 138 Å². The van der Waals surface area contributed by atoms with Crippen LogP contribution in [0.4, 0.5) is 0 Å². The van der Waals surface area contributed by atoms with E-state index in [-0.39, 0.29) is 5.56 Å². The fraction of sp³-hybridized carbons (Fsp3) is 0.474. The molecule has 2 rings (SSSR count). The Morgan fingerprint density at radius 3 is 2.43 bits per heavy atom. The van der Waals surface area contributed by atoms with Crippen molar-refractivity contribution in [3.63, 3.8) is 0 Å². The fourth-order valence-electron chi connectivity index (χ4n) is 2.74. The molecule has 1 aromatic carbocycles. The standard InChI is InChI=1S/C19H26N2O2/c1-3-5-7-18-20(12-6-4-2)13-14-21(18)15-16-8-10-17(11-9-16)19(22)23/h8-11,13-14H,3-7,12,15H2,1-2H3. The Bertz CT molecular complexity index is 629. The van der Waals surface area contributed by atoms with Gasteiger partial charge in [-0.05, 0) is 24.0 Å². The molecule has 1 aromatic heterocycles. The van der Waals surface area contributed by atoms with Crippen molar-refractivity contribution in [3.8, 4) is 0 Å². The summed E-state index contributed by atoms with van der Waals surface area (Å²) < 4.78 is 4.63. The second-order valence-corrected chi connectivity index (χ2v) is 5.98. The van der Waals surface area contributed by atoms with Gasteiger partial charge >= 0.3 is 0 Å². The number of rotatable bonds is 9. The molecule has 23 heavy (non-hydrogen) atoms. The van der Waals surface area contributed by atoms with Crippen molar-refractivity contribution in [1.29, 1.82) is 0 Å². The number of carbonyl (C=O) groups is 1. The van der Waals surface area contributed by atoms with E-state index in [1.807, 2.05) is 12.1 Å². The highest BCUT2D eigenvalue weighted by Gasteiger charge is 2.16.